The summed E-state index contributed by atoms with van der Waals surface area (Å²) in [5.74, 6) is 1.72. The number of nitrogens with zero attached hydrogens (tertiary/aromatic N) is 1. The summed E-state index contributed by atoms with van der Waals surface area (Å²) in [6.07, 6.45) is 1.75. The Morgan fingerprint density at radius 3 is 2.70 bits per heavy atom. The summed E-state index contributed by atoms with van der Waals surface area (Å²) >= 11 is 11.9. The zero-order valence-corrected chi connectivity index (χ0v) is 12.0. The third-order valence-corrected chi connectivity index (χ3v) is 3.51. The van der Waals surface area contributed by atoms with Crippen molar-refractivity contribution in [1.29, 1.82) is 0 Å². The Morgan fingerprint density at radius 2 is 1.85 bits per heavy atom. The van der Waals surface area contributed by atoms with Gasteiger partial charge in [-0.3, -0.25) is 4.98 Å². The van der Waals surface area contributed by atoms with Crippen molar-refractivity contribution in [2.24, 2.45) is 0 Å². The lowest BCUT2D eigenvalue weighted by Gasteiger charge is -2.11. The monoisotopic (exact) mass is 303 g/mol. The molecule has 0 saturated carbocycles. The van der Waals surface area contributed by atoms with Gasteiger partial charge in [0.15, 0.2) is 5.75 Å². The predicted octanol–water partition coefficient (Wildman–Crippen LogP) is 5.42. The third-order valence-electron chi connectivity index (χ3n) is 2.99. The number of para-hydroxylation sites is 1. The molecular weight excluding hydrogens is 293 g/mol. The highest BCUT2D eigenvalue weighted by Gasteiger charge is 2.08. The van der Waals surface area contributed by atoms with Crippen molar-refractivity contribution < 1.29 is 4.74 Å². The Hall–Kier alpha value is -1.77. The van der Waals surface area contributed by atoms with E-state index in [1.54, 1.807) is 18.3 Å². The number of rotatable bonds is 3. The average Bonchev–Trinajstić information content (AvgIpc) is 2.48. The quantitative estimate of drug-likeness (QED) is 0.603. The lowest BCUT2D eigenvalue weighted by atomic mass is 10.2. The lowest BCUT2D eigenvalue weighted by Crippen LogP contribution is -1.91. The van der Waals surface area contributed by atoms with Crippen molar-refractivity contribution in [2.45, 2.75) is 5.88 Å². The smallest absolute Gasteiger partial charge is 0.153 e. The Bertz CT molecular complexity index is 753. The number of halogens is 2. The second-order valence-electron chi connectivity index (χ2n) is 4.32. The standard InChI is InChI=1S/C16H11Cl2NO/c17-10-12-6-7-13(18)9-15(12)20-14-5-1-3-11-4-2-8-19-16(11)14/h1-9H,10H2. The van der Waals surface area contributed by atoms with Gasteiger partial charge in [-0.25, -0.2) is 0 Å². The van der Waals surface area contributed by atoms with Crippen LogP contribution in [0, 0.1) is 0 Å². The molecule has 0 aliphatic rings. The van der Waals surface area contributed by atoms with Crippen LogP contribution in [-0.2, 0) is 5.88 Å². The highest BCUT2D eigenvalue weighted by Crippen LogP contribution is 2.32. The number of benzene rings is 2. The molecule has 0 N–H and O–H groups in total. The summed E-state index contributed by atoms with van der Waals surface area (Å²) in [4.78, 5) is 4.36. The molecule has 0 aliphatic heterocycles. The van der Waals surface area contributed by atoms with Gasteiger partial charge >= 0.3 is 0 Å². The number of hydrogen-bond donors (Lipinski definition) is 0. The first-order chi connectivity index (χ1) is 9.78. The largest absolute Gasteiger partial charge is 0.455 e. The second-order valence-corrected chi connectivity index (χ2v) is 5.02. The molecule has 2 nitrogen and oxygen atoms in total. The normalized spacial score (nSPS) is 10.7. The Balaban J connectivity index is 2.07. The predicted molar refractivity (Wildman–Crippen MR) is 82.8 cm³/mol. The van der Waals surface area contributed by atoms with Crippen LogP contribution < -0.4 is 4.74 Å². The number of alkyl halides is 1. The number of ether oxygens (including phenoxy) is 1. The molecule has 0 fully saturated rings. The van der Waals surface area contributed by atoms with Crippen LogP contribution >= 0.6 is 23.2 Å². The summed E-state index contributed by atoms with van der Waals surface area (Å²) in [5, 5.41) is 1.64. The van der Waals surface area contributed by atoms with Crippen LogP contribution in [0.1, 0.15) is 5.56 Å². The molecule has 20 heavy (non-hydrogen) atoms. The van der Waals surface area contributed by atoms with Gasteiger partial charge in [-0.15, -0.1) is 11.6 Å². The number of pyridine rings is 1. The summed E-state index contributed by atoms with van der Waals surface area (Å²) in [6, 6.07) is 15.1. The van der Waals surface area contributed by atoms with E-state index in [1.165, 1.54) is 0 Å². The summed E-state index contributed by atoms with van der Waals surface area (Å²) in [5.41, 5.74) is 1.71. The maximum atomic E-state index is 6.02. The van der Waals surface area contributed by atoms with E-state index in [9.17, 15) is 0 Å². The van der Waals surface area contributed by atoms with Gasteiger partial charge in [-0.1, -0.05) is 35.9 Å². The fraction of sp³-hybridized carbons (Fsp3) is 0.0625. The van der Waals surface area contributed by atoms with E-state index < -0.39 is 0 Å². The molecule has 0 amide bonds. The van der Waals surface area contributed by atoms with Crippen molar-refractivity contribution >= 4 is 34.1 Å². The van der Waals surface area contributed by atoms with E-state index in [1.807, 2.05) is 36.4 Å². The fourth-order valence-electron chi connectivity index (χ4n) is 2.01. The van der Waals surface area contributed by atoms with Gasteiger partial charge in [0.2, 0.25) is 0 Å². The molecule has 0 saturated heterocycles. The van der Waals surface area contributed by atoms with Gasteiger partial charge in [0.1, 0.15) is 11.3 Å². The summed E-state index contributed by atoms with van der Waals surface area (Å²) < 4.78 is 5.96. The lowest BCUT2D eigenvalue weighted by molar-refractivity contribution is 0.483. The molecule has 0 spiro atoms. The maximum absolute atomic E-state index is 6.02. The van der Waals surface area contributed by atoms with Crippen molar-refractivity contribution in [2.75, 3.05) is 0 Å². The van der Waals surface area contributed by atoms with E-state index in [0.29, 0.717) is 22.4 Å². The van der Waals surface area contributed by atoms with Gasteiger partial charge in [-0.2, -0.15) is 0 Å². The molecule has 2 aromatic carbocycles. The van der Waals surface area contributed by atoms with Crippen LogP contribution in [0.15, 0.2) is 54.7 Å². The van der Waals surface area contributed by atoms with Gasteiger partial charge in [0.05, 0.1) is 5.88 Å². The molecule has 0 radical (unpaired) electrons. The van der Waals surface area contributed by atoms with Crippen LogP contribution in [0.2, 0.25) is 5.02 Å². The van der Waals surface area contributed by atoms with Crippen molar-refractivity contribution in [3.8, 4) is 11.5 Å². The zero-order valence-electron chi connectivity index (χ0n) is 10.5. The molecule has 1 aromatic heterocycles. The maximum Gasteiger partial charge on any atom is 0.153 e. The van der Waals surface area contributed by atoms with E-state index in [4.69, 9.17) is 27.9 Å². The van der Waals surface area contributed by atoms with E-state index in [2.05, 4.69) is 4.98 Å². The first-order valence-electron chi connectivity index (χ1n) is 6.14. The topological polar surface area (TPSA) is 22.1 Å². The minimum absolute atomic E-state index is 0.366. The Kier molecular flexibility index (Phi) is 3.77. The fourth-order valence-corrected chi connectivity index (χ4v) is 2.39. The minimum atomic E-state index is 0.366. The van der Waals surface area contributed by atoms with Crippen molar-refractivity contribution in [3.05, 3.63) is 65.3 Å². The van der Waals surface area contributed by atoms with Crippen LogP contribution in [0.4, 0.5) is 0 Å². The minimum Gasteiger partial charge on any atom is -0.455 e. The van der Waals surface area contributed by atoms with Crippen LogP contribution in [0.5, 0.6) is 11.5 Å². The van der Waals surface area contributed by atoms with Gasteiger partial charge in [-0.05, 0) is 24.3 Å². The molecule has 0 bridgehead atoms. The van der Waals surface area contributed by atoms with Crippen molar-refractivity contribution in [3.63, 3.8) is 0 Å². The van der Waals surface area contributed by atoms with Gasteiger partial charge in [0.25, 0.3) is 0 Å². The molecule has 3 rings (SSSR count). The van der Waals surface area contributed by atoms with E-state index in [-0.39, 0.29) is 0 Å². The Labute approximate surface area is 126 Å². The number of aromatic nitrogens is 1. The number of hydrogen-bond acceptors (Lipinski definition) is 2. The summed E-state index contributed by atoms with van der Waals surface area (Å²) in [6.45, 7) is 0. The highest BCUT2D eigenvalue weighted by atomic mass is 35.5. The summed E-state index contributed by atoms with van der Waals surface area (Å²) in [7, 11) is 0. The SMILES string of the molecule is ClCc1ccc(Cl)cc1Oc1cccc2cccnc12. The highest BCUT2D eigenvalue weighted by molar-refractivity contribution is 6.30. The molecule has 3 aromatic rings. The van der Waals surface area contributed by atoms with Crippen LogP contribution in [0.3, 0.4) is 0 Å². The van der Waals surface area contributed by atoms with Crippen molar-refractivity contribution in [1.82, 2.24) is 4.98 Å². The van der Waals surface area contributed by atoms with E-state index >= 15 is 0 Å². The molecule has 4 heteroatoms. The van der Waals surface area contributed by atoms with Crippen LogP contribution in [0.25, 0.3) is 10.9 Å². The molecule has 0 unspecified atom stereocenters. The van der Waals surface area contributed by atoms with Crippen LogP contribution in [-0.4, -0.2) is 4.98 Å². The average molecular weight is 304 g/mol. The van der Waals surface area contributed by atoms with E-state index in [0.717, 1.165) is 16.5 Å². The first kappa shape index (κ1) is 13.2. The molecule has 0 aliphatic carbocycles. The Morgan fingerprint density at radius 1 is 1.00 bits per heavy atom. The second kappa shape index (κ2) is 5.70. The van der Waals surface area contributed by atoms with Gasteiger partial charge < -0.3 is 4.74 Å². The van der Waals surface area contributed by atoms with Gasteiger partial charge in [0, 0.05) is 22.2 Å². The molecular formula is C16H11Cl2NO. The molecule has 100 valence electrons. The first-order valence-corrected chi connectivity index (χ1v) is 7.05. The number of fused-ring (bicyclic) bond motifs is 1. The zero-order chi connectivity index (χ0) is 13.9. The third kappa shape index (κ3) is 2.58. The molecule has 0 atom stereocenters. The molecule has 1 heterocycles.